The summed E-state index contributed by atoms with van der Waals surface area (Å²) >= 11 is 3.19. The Bertz CT molecular complexity index is 1220. The van der Waals surface area contributed by atoms with Crippen LogP contribution in [0.2, 0.25) is 0 Å². The second-order valence-electron chi connectivity index (χ2n) is 6.27. The number of carbonyl (C=O) groups is 1. The second-order valence-corrected chi connectivity index (χ2v) is 7.13. The summed E-state index contributed by atoms with van der Waals surface area (Å²) in [5.41, 5.74) is 1.30. The number of halogens is 1. The number of carbonyl (C=O) groups excluding carboxylic acids is 1. The van der Waals surface area contributed by atoms with E-state index >= 15 is 0 Å². The Morgan fingerprint density at radius 2 is 1.93 bits per heavy atom. The van der Waals surface area contributed by atoms with Crippen LogP contribution in [-0.2, 0) is 11.8 Å². The number of nitriles is 1. The number of nitrogens with one attached hydrogen (secondary N) is 1. The van der Waals surface area contributed by atoms with Crippen molar-refractivity contribution in [2.45, 2.75) is 6.92 Å². The summed E-state index contributed by atoms with van der Waals surface area (Å²) in [6.45, 7) is 1.71. The topological polar surface area (TPSA) is 100 Å². The minimum absolute atomic E-state index is 0.0477. The van der Waals surface area contributed by atoms with Crippen LogP contribution in [0.3, 0.4) is 0 Å². The highest BCUT2D eigenvalue weighted by Crippen LogP contribution is 2.25. The number of para-hydroxylation sites is 1. The fourth-order valence-corrected chi connectivity index (χ4v) is 3.22. The maximum Gasteiger partial charge on any atom is 0.295 e. The summed E-state index contributed by atoms with van der Waals surface area (Å²) in [4.78, 5) is 25.5. The fourth-order valence-electron chi connectivity index (χ4n) is 2.82. The van der Waals surface area contributed by atoms with Crippen molar-refractivity contribution >= 4 is 33.6 Å². The number of anilines is 1. The third kappa shape index (κ3) is 4.00. The normalized spacial score (nSPS) is 11.2. The lowest BCUT2D eigenvalue weighted by Gasteiger charge is -2.07. The number of phenols is 1. The molecule has 0 fully saturated rings. The summed E-state index contributed by atoms with van der Waals surface area (Å²) < 4.78 is 3.52. The van der Waals surface area contributed by atoms with Gasteiger partial charge in [0.15, 0.2) is 0 Å². The van der Waals surface area contributed by atoms with Crippen molar-refractivity contribution in [1.29, 1.82) is 5.26 Å². The highest BCUT2D eigenvalue weighted by molar-refractivity contribution is 9.10. The molecule has 2 aromatic carbocycles. The predicted octanol–water partition coefficient (Wildman–Crippen LogP) is 3.50. The monoisotopic (exact) mass is 452 g/mol. The van der Waals surface area contributed by atoms with E-state index in [1.165, 1.54) is 16.8 Å². The van der Waals surface area contributed by atoms with Crippen LogP contribution < -0.4 is 10.9 Å². The van der Waals surface area contributed by atoms with Crippen molar-refractivity contribution in [1.82, 2.24) is 9.36 Å². The third-order valence-corrected chi connectivity index (χ3v) is 5.08. The lowest BCUT2D eigenvalue weighted by atomic mass is 10.1. The highest BCUT2D eigenvalue weighted by Gasteiger charge is 2.20. The van der Waals surface area contributed by atoms with Crippen LogP contribution in [0.25, 0.3) is 11.8 Å². The number of hydrogen-bond acceptors (Lipinski definition) is 4. The molecule has 7 nitrogen and oxygen atoms in total. The summed E-state index contributed by atoms with van der Waals surface area (Å²) in [5, 5.41) is 21.5. The van der Waals surface area contributed by atoms with Crippen molar-refractivity contribution in [3.8, 4) is 17.5 Å². The molecule has 0 saturated heterocycles. The Labute approximate surface area is 175 Å². The largest absolute Gasteiger partial charge is 0.507 e. The average Bonchev–Trinajstić information content (AvgIpc) is 2.92. The Hall–Kier alpha value is -3.57. The maximum absolute atomic E-state index is 12.9. The number of benzene rings is 2. The van der Waals surface area contributed by atoms with E-state index in [0.717, 1.165) is 0 Å². The first-order valence-electron chi connectivity index (χ1n) is 8.59. The summed E-state index contributed by atoms with van der Waals surface area (Å²) in [5.74, 6) is -0.644. The zero-order valence-electron chi connectivity index (χ0n) is 15.7. The standard InChI is InChI=1S/C21H17BrN4O3/c1-13-19(21(29)26(25(13)2)16-6-4-3-5-7-16)24-20(28)15(12-23)10-14-8-9-18(27)17(22)11-14/h3-11,27H,1-2H3,(H,24,28)/b15-10+. The van der Waals surface area contributed by atoms with Gasteiger partial charge in [0.05, 0.1) is 15.9 Å². The molecule has 8 heteroatoms. The van der Waals surface area contributed by atoms with E-state index in [2.05, 4.69) is 21.2 Å². The van der Waals surface area contributed by atoms with Gasteiger partial charge in [0.2, 0.25) is 0 Å². The average molecular weight is 453 g/mol. The highest BCUT2D eigenvalue weighted by atomic mass is 79.9. The van der Waals surface area contributed by atoms with Gasteiger partial charge in [0.1, 0.15) is 23.1 Å². The zero-order valence-corrected chi connectivity index (χ0v) is 17.3. The van der Waals surface area contributed by atoms with E-state index in [1.807, 2.05) is 24.3 Å². The molecule has 0 aliphatic rings. The maximum atomic E-state index is 12.9. The van der Waals surface area contributed by atoms with Crippen molar-refractivity contribution in [3.63, 3.8) is 0 Å². The molecule has 3 aromatic rings. The smallest absolute Gasteiger partial charge is 0.295 e. The van der Waals surface area contributed by atoms with Gasteiger partial charge >= 0.3 is 0 Å². The molecular weight excluding hydrogens is 436 g/mol. The van der Waals surface area contributed by atoms with Crippen molar-refractivity contribution in [2.75, 3.05) is 5.32 Å². The fraction of sp³-hybridized carbons (Fsp3) is 0.0952. The minimum Gasteiger partial charge on any atom is -0.507 e. The van der Waals surface area contributed by atoms with E-state index in [9.17, 15) is 20.0 Å². The predicted molar refractivity (Wildman–Crippen MR) is 114 cm³/mol. The summed E-state index contributed by atoms with van der Waals surface area (Å²) in [7, 11) is 1.72. The molecule has 0 atom stereocenters. The van der Waals surface area contributed by atoms with Gasteiger partial charge in [-0.3, -0.25) is 14.3 Å². The first kappa shape index (κ1) is 20.2. The van der Waals surface area contributed by atoms with Gasteiger partial charge in [-0.2, -0.15) is 5.26 Å². The van der Waals surface area contributed by atoms with Crippen LogP contribution in [-0.4, -0.2) is 20.4 Å². The van der Waals surface area contributed by atoms with Gasteiger partial charge in [0.25, 0.3) is 11.5 Å². The van der Waals surface area contributed by atoms with Crippen LogP contribution in [0.1, 0.15) is 11.3 Å². The lowest BCUT2D eigenvalue weighted by Crippen LogP contribution is -2.23. The van der Waals surface area contributed by atoms with Gasteiger partial charge in [-0.25, -0.2) is 4.68 Å². The lowest BCUT2D eigenvalue weighted by molar-refractivity contribution is -0.112. The number of phenolic OH excluding ortho intramolecular Hbond substituents is 1. The first-order chi connectivity index (χ1) is 13.8. The van der Waals surface area contributed by atoms with Crippen LogP contribution in [0.15, 0.2) is 63.4 Å². The quantitative estimate of drug-likeness (QED) is 0.467. The molecule has 146 valence electrons. The molecule has 0 aliphatic carbocycles. The van der Waals surface area contributed by atoms with Crippen LogP contribution in [0.4, 0.5) is 5.69 Å². The number of amides is 1. The SMILES string of the molecule is Cc1c(NC(=O)/C(C#N)=C/c2ccc(O)c(Br)c2)c(=O)n(-c2ccccc2)n1C. The van der Waals surface area contributed by atoms with E-state index in [1.54, 1.807) is 42.9 Å². The summed E-state index contributed by atoms with van der Waals surface area (Å²) in [6.07, 6.45) is 1.38. The minimum atomic E-state index is -0.692. The Morgan fingerprint density at radius 3 is 2.55 bits per heavy atom. The van der Waals surface area contributed by atoms with Crippen LogP contribution in [0.5, 0.6) is 5.75 Å². The molecule has 0 aliphatic heterocycles. The van der Waals surface area contributed by atoms with E-state index in [4.69, 9.17) is 0 Å². The Balaban J connectivity index is 1.96. The van der Waals surface area contributed by atoms with Gasteiger partial charge in [-0.15, -0.1) is 0 Å². The number of rotatable bonds is 4. The number of hydrogen-bond donors (Lipinski definition) is 2. The molecule has 3 rings (SSSR count). The Kier molecular flexibility index (Phi) is 5.71. The van der Waals surface area contributed by atoms with Gasteiger partial charge < -0.3 is 10.4 Å². The molecule has 0 bridgehead atoms. The zero-order chi connectivity index (χ0) is 21.1. The summed E-state index contributed by atoms with van der Waals surface area (Å²) in [6, 6.07) is 15.5. The first-order valence-corrected chi connectivity index (χ1v) is 9.38. The number of aromatic nitrogens is 2. The van der Waals surface area contributed by atoms with Crippen molar-refractivity contribution in [3.05, 3.63) is 80.2 Å². The molecule has 0 spiro atoms. The number of aromatic hydroxyl groups is 1. The molecule has 0 unspecified atom stereocenters. The van der Waals surface area contributed by atoms with Crippen LogP contribution in [0, 0.1) is 18.3 Å². The molecule has 1 heterocycles. The Morgan fingerprint density at radius 1 is 1.24 bits per heavy atom. The number of nitrogens with zero attached hydrogens (tertiary/aromatic N) is 3. The molecule has 2 N–H and O–H groups in total. The molecule has 1 amide bonds. The molecule has 29 heavy (non-hydrogen) atoms. The van der Waals surface area contributed by atoms with Gasteiger partial charge in [-0.1, -0.05) is 24.3 Å². The third-order valence-electron chi connectivity index (χ3n) is 4.44. The van der Waals surface area contributed by atoms with E-state index in [0.29, 0.717) is 21.4 Å². The van der Waals surface area contributed by atoms with Gasteiger partial charge in [0, 0.05) is 7.05 Å². The molecule has 1 aromatic heterocycles. The molecule has 0 saturated carbocycles. The van der Waals surface area contributed by atoms with Crippen molar-refractivity contribution in [2.24, 2.45) is 7.05 Å². The second kappa shape index (κ2) is 8.20. The van der Waals surface area contributed by atoms with Gasteiger partial charge in [-0.05, 0) is 58.8 Å². The van der Waals surface area contributed by atoms with E-state index in [-0.39, 0.29) is 17.0 Å². The van der Waals surface area contributed by atoms with Crippen LogP contribution >= 0.6 is 15.9 Å². The van der Waals surface area contributed by atoms with Crippen molar-refractivity contribution < 1.29 is 9.90 Å². The molecular formula is C21H17BrN4O3. The van der Waals surface area contributed by atoms with E-state index < -0.39 is 11.5 Å². The molecule has 0 radical (unpaired) electrons.